The summed E-state index contributed by atoms with van der Waals surface area (Å²) < 4.78 is 7.26. The van der Waals surface area contributed by atoms with Crippen LogP contribution in [0.1, 0.15) is 31.5 Å². The summed E-state index contributed by atoms with van der Waals surface area (Å²) >= 11 is 1.55. The summed E-state index contributed by atoms with van der Waals surface area (Å²) in [5.74, 6) is 0.817. The lowest BCUT2D eigenvalue weighted by molar-refractivity contribution is 0.315. The summed E-state index contributed by atoms with van der Waals surface area (Å²) in [6.07, 6.45) is 2.56. The topological polar surface area (TPSA) is 59.1 Å². The summed E-state index contributed by atoms with van der Waals surface area (Å²) in [5, 5.41) is 16.5. The molecule has 1 N–H and O–H groups in total. The molecule has 22 heavy (non-hydrogen) atoms. The normalized spacial score (nSPS) is 12.2. The van der Waals surface area contributed by atoms with Gasteiger partial charge in [0.2, 0.25) is 4.80 Å². The van der Waals surface area contributed by atoms with Crippen LogP contribution in [-0.2, 0) is 0 Å². The van der Waals surface area contributed by atoms with E-state index in [4.69, 9.17) is 4.74 Å². The Morgan fingerprint density at radius 3 is 2.86 bits per heavy atom. The number of hydrogen-bond donors (Lipinski definition) is 1. The third-order valence-corrected chi connectivity index (χ3v) is 3.90. The molecule has 0 saturated carbocycles. The zero-order valence-electron chi connectivity index (χ0n) is 13.1. The molecule has 0 bridgehead atoms. The Balaban J connectivity index is 2.24. The quantitative estimate of drug-likeness (QED) is 0.832. The molecule has 0 radical (unpaired) electrons. The van der Waals surface area contributed by atoms with Crippen LogP contribution >= 0.6 is 11.3 Å². The number of benzene rings is 1. The highest BCUT2D eigenvalue weighted by Crippen LogP contribution is 2.22. The van der Waals surface area contributed by atoms with Crippen molar-refractivity contribution in [3.63, 3.8) is 0 Å². The summed E-state index contributed by atoms with van der Waals surface area (Å²) in [4.78, 5) is 5.24. The van der Waals surface area contributed by atoms with Crippen molar-refractivity contribution in [2.45, 2.75) is 27.2 Å². The van der Waals surface area contributed by atoms with Crippen LogP contribution < -0.4 is 9.54 Å². The second kappa shape index (κ2) is 7.79. The van der Waals surface area contributed by atoms with E-state index in [0.717, 1.165) is 16.9 Å². The molecule has 118 valence electrons. The highest BCUT2D eigenvalue weighted by atomic mass is 32.1. The maximum atomic E-state index is 10.1. The zero-order chi connectivity index (χ0) is 15.9. The lowest BCUT2D eigenvalue weighted by atomic mass is 10.2. The van der Waals surface area contributed by atoms with Crippen LogP contribution in [0.25, 0.3) is 0 Å². The van der Waals surface area contributed by atoms with Gasteiger partial charge in [-0.2, -0.15) is 5.10 Å². The fraction of sp³-hybridized carbons (Fsp3) is 0.375. The van der Waals surface area contributed by atoms with Crippen molar-refractivity contribution in [3.05, 3.63) is 39.6 Å². The first kappa shape index (κ1) is 16.3. The van der Waals surface area contributed by atoms with Gasteiger partial charge in [0, 0.05) is 23.6 Å². The van der Waals surface area contributed by atoms with E-state index in [1.807, 2.05) is 32.2 Å². The van der Waals surface area contributed by atoms with Gasteiger partial charge in [0.25, 0.3) is 0 Å². The average Bonchev–Trinajstić information content (AvgIpc) is 2.85. The van der Waals surface area contributed by atoms with Crippen molar-refractivity contribution in [3.8, 4) is 11.5 Å². The van der Waals surface area contributed by atoms with Crippen molar-refractivity contribution in [1.82, 2.24) is 4.68 Å². The van der Waals surface area contributed by atoms with Crippen LogP contribution in [0.15, 0.2) is 33.7 Å². The van der Waals surface area contributed by atoms with Gasteiger partial charge in [-0.1, -0.05) is 6.92 Å². The molecule has 0 aliphatic rings. The van der Waals surface area contributed by atoms with Crippen LogP contribution in [0.4, 0.5) is 0 Å². The van der Waals surface area contributed by atoms with Gasteiger partial charge in [-0.05, 0) is 32.4 Å². The molecule has 1 heterocycles. The monoisotopic (exact) mass is 319 g/mol. The molecule has 0 aliphatic carbocycles. The van der Waals surface area contributed by atoms with E-state index in [1.54, 1.807) is 34.4 Å². The number of thiazole rings is 1. The third kappa shape index (κ3) is 3.98. The fourth-order valence-corrected chi connectivity index (χ4v) is 2.70. The number of hydrogen-bond acceptors (Lipinski definition) is 5. The molecule has 6 heteroatoms. The number of rotatable bonds is 6. The molecule has 2 rings (SSSR count). The number of aromatic hydroxyl groups is 1. The summed E-state index contributed by atoms with van der Waals surface area (Å²) in [5.41, 5.74) is 1.65. The number of nitrogens with zero attached hydrogens (tertiary/aromatic N) is 3. The van der Waals surface area contributed by atoms with Gasteiger partial charge in [0.15, 0.2) is 0 Å². The van der Waals surface area contributed by atoms with Crippen LogP contribution in [0, 0.1) is 6.92 Å². The predicted octanol–water partition coefficient (Wildman–Crippen LogP) is 3.16. The molecule has 5 nitrogen and oxygen atoms in total. The van der Waals surface area contributed by atoms with Crippen molar-refractivity contribution in [2.75, 3.05) is 13.2 Å². The SMILES string of the molecule is CCCOc1ccc(C=Nn2c(C)csc2=NCC)c(O)c1. The van der Waals surface area contributed by atoms with E-state index in [-0.39, 0.29) is 5.75 Å². The number of phenolic OH excluding ortho intramolecular Hbond substituents is 1. The molecule has 0 aliphatic heterocycles. The molecular formula is C16H21N3O2S. The van der Waals surface area contributed by atoms with E-state index >= 15 is 0 Å². The Morgan fingerprint density at radius 2 is 2.18 bits per heavy atom. The van der Waals surface area contributed by atoms with Crippen LogP contribution in [0.3, 0.4) is 0 Å². The number of ether oxygens (including phenoxy) is 1. The summed E-state index contributed by atoms with van der Waals surface area (Å²) in [7, 11) is 0. The Kier molecular flexibility index (Phi) is 5.77. The van der Waals surface area contributed by atoms with E-state index in [2.05, 4.69) is 10.1 Å². The minimum absolute atomic E-state index is 0.153. The fourth-order valence-electron chi connectivity index (χ4n) is 1.83. The maximum absolute atomic E-state index is 10.1. The second-order valence-corrected chi connectivity index (χ2v) is 5.60. The van der Waals surface area contributed by atoms with Crippen molar-refractivity contribution in [1.29, 1.82) is 0 Å². The summed E-state index contributed by atoms with van der Waals surface area (Å²) in [6, 6.07) is 5.24. The van der Waals surface area contributed by atoms with Gasteiger partial charge in [-0.3, -0.25) is 4.99 Å². The van der Waals surface area contributed by atoms with Gasteiger partial charge < -0.3 is 9.84 Å². The predicted molar refractivity (Wildman–Crippen MR) is 90.0 cm³/mol. The van der Waals surface area contributed by atoms with Crippen LogP contribution in [0.2, 0.25) is 0 Å². The molecule has 0 saturated heterocycles. The largest absolute Gasteiger partial charge is 0.507 e. The highest BCUT2D eigenvalue weighted by molar-refractivity contribution is 7.07. The van der Waals surface area contributed by atoms with Gasteiger partial charge in [0.1, 0.15) is 11.5 Å². The van der Waals surface area contributed by atoms with Crippen molar-refractivity contribution < 1.29 is 9.84 Å². The molecule has 0 atom stereocenters. The summed E-state index contributed by atoms with van der Waals surface area (Å²) in [6.45, 7) is 7.36. The minimum Gasteiger partial charge on any atom is -0.507 e. The van der Waals surface area contributed by atoms with Gasteiger partial charge in [0.05, 0.1) is 18.5 Å². The van der Waals surface area contributed by atoms with E-state index in [1.165, 1.54) is 0 Å². The molecule has 0 amide bonds. The molecule has 2 aromatic rings. The van der Waals surface area contributed by atoms with Gasteiger partial charge in [-0.25, -0.2) is 4.68 Å². The third-order valence-electron chi connectivity index (χ3n) is 2.93. The molecular weight excluding hydrogens is 298 g/mol. The van der Waals surface area contributed by atoms with E-state index in [9.17, 15) is 5.11 Å². The van der Waals surface area contributed by atoms with Gasteiger partial charge in [-0.15, -0.1) is 11.3 Å². The Labute approximate surface area is 134 Å². The van der Waals surface area contributed by atoms with Crippen LogP contribution in [-0.4, -0.2) is 29.1 Å². The van der Waals surface area contributed by atoms with Gasteiger partial charge >= 0.3 is 0 Å². The Morgan fingerprint density at radius 1 is 1.36 bits per heavy atom. The van der Waals surface area contributed by atoms with Crippen LogP contribution in [0.5, 0.6) is 11.5 Å². The Hall–Kier alpha value is -2.08. The maximum Gasteiger partial charge on any atom is 0.205 e. The van der Waals surface area contributed by atoms with E-state index < -0.39 is 0 Å². The zero-order valence-corrected chi connectivity index (χ0v) is 13.9. The lowest BCUT2D eigenvalue weighted by Gasteiger charge is -2.06. The smallest absolute Gasteiger partial charge is 0.205 e. The average molecular weight is 319 g/mol. The Bertz CT molecular complexity index is 716. The number of aromatic nitrogens is 1. The molecule has 1 aromatic heterocycles. The van der Waals surface area contributed by atoms with E-state index in [0.29, 0.717) is 24.5 Å². The van der Waals surface area contributed by atoms with Crippen molar-refractivity contribution >= 4 is 17.6 Å². The number of aryl methyl sites for hydroxylation is 1. The minimum atomic E-state index is 0.153. The second-order valence-electron chi connectivity index (χ2n) is 4.76. The highest BCUT2D eigenvalue weighted by Gasteiger charge is 2.03. The lowest BCUT2D eigenvalue weighted by Crippen LogP contribution is -2.12. The molecule has 1 aromatic carbocycles. The first-order chi connectivity index (χ1) is 10.7. The van der Waals surface area contributed by atoms with Crippen molar-refractivity contribution in [2.24, 2.45) is 10.1 Å². The molecule has 0 unspecified atom stereocenters. The number of phenols is 1. The molecule has 0 spiro atoms. The molecule has 0 fully saturated rings. The first-order valence-corrected chi connectivity index (χ1v) is 8.21. The standard InChI is InChI=1S/C16H21N3O2S/c1-4-8-21-14-7-6-13(15(20)9-14)10-18-19-12(3)11-22-16(19)17-5-2/h6-7,9-11,20H,4-5,8H2,1-3H3. The first-order valence-electron chi connectivity index (χ1n) is 7.33.